The number of nitrogens with zero attached hydrogens (tertiary/aromatic N) is 1. The zero-order valence-electron chi connectivity index (χ0n) is 12.5. The van der Waals surface area contributed by atoms with Crippen LogP contribution in [-0.4, -0.2) is 54.9 Å². The van der Waals surface area contributed by atoms with E-state index >= 15 is 0 Å². The molecule has 1 heterocycles. The standard InChI is InChI=1S/C16H23NO4/c1-2-20-16(19)13-5-7-15(8-6-13)21-12-14(18)11-17-9-3-4-10-17/h5-8,14,18H,2-4,9-12H2,1H3/t14-/m0/s1. The molecule has 116 valence electrons. The first-order chi connectivity index (χ1) is 10.2. The molecule has 0 radical (unpaired) electrons. The fourth-order valence-corrected chi connectivity index (χ4v) is 2.41. The van der Waals surface area contributed by atoms with Crippen LogP contribution in [0.25, 0.3) is 0 Å². The summed E-state index contributed by atoms with van der Waals surface area (Å²) in [7, 11) is 0. The van der Waals surface area contributed by atoms with Crippen molar-refractivity contribution in [3.05, 3.63) is 29.8 Å². The van der Waals surface area contributed by atoms with E-state index in [0.717, 1.165) is 13.1 Å². The molecule has 1 aliphatic rings. The van der Waals surface area contributed by atoms with E-state index in [4.69, 9.17) is 9.47 Å². The molecule has 5 heteroatoms. The molecule has 0 saturated carbocycles. The fourth-order valence-electron chi connectivity index (χ4n) is 2.41. The molecular formula is C16H23NO4. The van der Waals surface area contributed by atoms with E-state index in [0.29, 0.717) is 24.5 Å². The van der Waals surface area contributed by atoms with Crippen molar-refractivity contribution in [2.24, 2.45) is 0 Å². The van der Waals surface area contributed by atoms with Gasteiger partial charge in [-0.1, -0.05) is 0 Å². The van der Waals surface area contributed by atoms with Crippen molar-refractivity contribution in [1.29, 1.82) is 0 Å². The number of hydrogen-bond donors (Lipinski definition) is 1. The number of likely N-dealkylation sites (tertiary alicyclic amines) is 1. The molecule has 0 bridgehead atoms. The molecule has 21 heavy (non-hydrogen) atoms. The molecule has 0 unspecified atom stereocenters. The minimum Gasteiger partial charge on any atom is -0.491 e. The van der Waals surface area contributed by atoms with Crippen LogP contribution in [0.2, 0.25) is 0 Å². The van der Waals surface area contributed by atoms with E-state index in [1.165, 1.54) is 12.8 Å². The van der Waals surface area contributed by atoms with E-state index in [9.17, 15) is 9.90 Å². The van der Waals surface area contributed by atoms with E-state index < -0.39 is 6.10 Å². The largest absolute Gasteiger partial charge is 0.491 e. The van der Waals surface area contributed by atoms with Crippen LogP contribution in [-0.2, 0) is 4.74 Å². The highest BCUT2D eigenvalue weighted by molar-refractivity contribution is 5.89. The third-order valence-corrected chi connectivity index (χ3v) is 3.48. The third kappa shape index (κ3) is 5.02. The second-order valence-electron chi connectivity index (χ2n) is 5.22. The average molecular weight is 293 g/mol. The monoisotopic (exact) mass is 293 g/mol. The minimum atomic E-state index is -0.493. The lowest BCUT2D eigenvalue weighted by Crippen LogP contribution is -2.33. The van der Waals surface area contributed by atoms with E-state index in [-0.39, 0.29) is 12.6 Å². The Morgan fingerprint density at radius 1 is 1.29 bits per heavy atom. The van der Waals surface area contributed by atoms with Gasteiger partial charge in [0.05, 0.1) is 12.2 Å². The van der Waals surface area contributed by atoms with Crippen LogP contribution in [0.15, 0.2) is 24.3 Å². The first kappa shape index (κ1) is 15.8. The van der Waals surface area contributed by atoms with Crippen molar-refractivity contribution < 1.29 is 19.4 Å². The second kappa shape index (κ2) is 8.00. The summed E-state index contributed by atoms with van der Waals surface area (Å²) in [5, 5.41) is 9.94. The highest BCUT2D eigenvalue weighted by Gasteiger charge is 2.16. The van der Waals surface area contributed by atoms with Crippen LogP contribution >= 0.6 is 0 Å². The Morgan fingerprint density at radius 2 is 1.95 bits per heavy atom. The Labute approximate surface area is 125 Å². The summed E-state index contributed by atoms with van der Waals surface area (Å²) in [5.41, 5.74) is 0.502. The molecule has 0 aliphatic carbocycles. The molecule has 1 aliphatic heterocycles. The average Bonchev–Trinajstić information content (AvgIpc) is 2.99. The van der Waals surface area contributed by atoms with Crippen molar-refractivity contribution in [1.82, 2.24) is 4.90 Å². The van der Waals surface area contributed by atoms with Crippen molar-refractivity contribution in [2.75, 3.05) is 32.8 Å². The minimum absolute atomic E-state index is 0.259. The molecule has 0 amide bonds. The Kier molecular flexibility index (Phi) is 6.02. The highest BCUT2D eigenvalue weighted by Crippen LogP contribution is 2.14. The summed E-state index contributed by atoms with van der Waals surface area (Å²) in [5.74, 6) is 0.307. The third-order valence-electron chi connectivity index (χ3n) is 3.48. The number of aliphatic hydroxyl groups excluding tert-OH is 1. The number of esters is 1. The van der Waals surface area contributed by atoms with E-state index in [1.807, 2.05) is 0 Å². The van der Waals surface area contributed by atoms with Crippen LogP contribution < -0.4 is 4.74 Å². The topological polar surface area (TPSA) is 59.0 Å². The quantitative estimate of drug-likeness (QED) is 0.775. The molecule has 1 atom stereocenters. The van der Waals surface area contributed by atoms with Crippen molar-refractivity contribution in [2.45, 2.75) is 25.9 Å². The van der Waals surface area contributed by atoms with Gasteiger partial charge in [0.1, 0.15) is 18.5 Å². The summed E-state index contributed by atoms with van der Waals surface area (Å²) in [6, 6.07) is 6.77. The predicted octanol–water partition coefficient (Wildman–Crippen LogP) is 1.70. The summed E-state index contributed by atoms with van der Waals surface area (Å²) in [4.78, 5) is 13.8. The van der Waals surface area contributed by atoms with Gasteiger partial charge >= 0.3 is 5.97 Å². The van der Waals surface area contributed by atoms with Crippen LogP contribution in [0, 0.1) is 0 Å². The normalized spacial score (nSPS) is 16.7. The maximum absolute atomic E-state index is 11.5. The Balaban J connectivity index is 1.76. The number of β-amino-alcohol motifs (C(OH)–C–C–N with tert-alkyl or cyclic N) is 1. The van der Waals surface area contributed by atoms with Gasteiger partial charge in [0.15, 0.2) is 0 Å². The number of benzene rings is 1. The number of hydrogen-bond acceptors (Lipinski definition) is 5. The maximum Gasteiger partial charge on any atom is 0.338 e. The Hall–Kier alpha value is -1.59. The Morgan fingerprint density at radius 3 is 2.57 bits per heavy atom. The van der Waals surface area contributed by atoms with Crippen molar-refractivity contribution in [3.63, 3.8) is 0 Å². The molecule has 1 fully saturated rings. The molecule has 0 spiro atoms. The molecule has 1 aromatic carbocycles. The van der Waals surface area contributed by atoms with Crippen molar-refractivity contribution >= 4 is 5.97 Å². The van der Waals surface area contributed by atoms with Gasteiger partial charge in [0.2, 0.25) is 0 Å². The fraction of sp³-hybridized carbons (Fsp3) is 0.562. The molecule has 1 saturated heterocycles. The summed E-state index contributed by atoms with van der Waals surface area (Å²) >= 11 is 0. The molecular weight excluding hydrogens is 270 g/mol. The van der Waals surface area contributed by atoms with Crippen LogP contribution in [0.4, 0.5) is 0 Å². The summed E-state index contributed by atoms with van der Waals surface area (Å²) in [6.45, 7) is 5.17. The van der Waals surface area contributed by atoms with Gasteiger partial charge in [-0.2, -0.15) is 0 Å². The van der Waals surface area contributed by atoms with Gasteiger partial charge in [-0.3, -0.25) is 0 Å². The van der Waals surface area contributed by atoms with Gasteiger partial charge in [-0.25, -0.2) is 4.79 Å². The maximum atomic E-state index is 11.5. The lowest BCUT2D eigenvalue weighted by Gasteiger charge is -2.19. The zero-order chi connectivity index (χ0) is 15.1. The van der Waals surface area contributed by atoms with E-state index in [1.54, 1.807) is 31.2 Å². The molecule has 2 rings (SSSR count). The Bertz CT molecular complexity index is 440. The molecule has 1 aromatic rings. The molecule has 0 aromatic heterocycles. The van der Waals surface area contributed by atoms with Gasteiger partial charge in [-0.05, 0) is 57.1 Å². The summed E-state index contributed by atoms with van der Waals surface area (Å²) < 4.78 is 10.5. The zero-order valence-corrected chi connectivity index (χ0v) is 12.5. The smallest absolute Gasteiger partial charge is 0.338 e. The van der Waals surface area contributed by atoms with Gasteiger partial charge in [0.25, 0.3) is 0 Å². The molecule has 5 nitrogen and oxygen atoms in total. The van der Waals surface area contributed by atoms with Gasteiger partial charge in [0, 0.05) is 6.54 Å². The highest BCUT2D eigenvalue weighted by atomic mass is 16.5. The van der Waals surface area contributed by atoms with Gasteiger partial charge < -0.3 is 19.5 Å². The lowest BCUT2D eigenvalue weighted by atomic mass is 10.2. The van der Waals surface area contributed by atoms with Gasteiger partial charge in [-0.15, -0.1) is 0 Å². The number of carbonyl (C=O) groups excluding carboxylic acids is 1. The predicted molar refractivity (Wildman–Crippen MR) is 79.6 cm³/mol. The molecule has 1 N–H and O–H groups in total. The van der Waals surface area contributed by atoms with Crippen LogP contribution in [0.5, 0.6) is 5.75 Å². The van der Waals surface area contributed by atoms with E-state index in [2.05, 4.69) is 4.90 Å². The van der Waals surface area contributed by atoms with Crippen molar-refractivity contribution in [3.8, 4) is 5.75 Å². The lowest BCUT2D eigenvalue weighted by molar-refractivity contribution is 0.0526. The number of aliphatic hydroxyl groups is 1. The van der Waals surface area contributed by atoms with Crippen LogP contribution in [0.1, 0.15) is 30.1 Å². The number of rotatable bonds is 7. The summed E-state index contributed by atoms with van der Waals surface area (Å²) in [6.07, 6.45) is 1.93. The van der Waals surface area contributed by atoms with Crippen LogP contribution in [0.3, 0.4) is 0 Å². The first-order valence-electron chi connectivity index (χ1n) is 7.49. The SMILES string of the molecule is CCOC(=O)c1ccc(OC[C@@H](O)CN2CCCC2)cc1. The first-order valence-corrected chi connectivity index (χ1v) is 7.49. The number of ether oxygens (including phenoxy) is 2. The number of carbonyl (C=O) groups is 1. The second-order valence-corrected chi connectivity index (χ2v) is 5.22.